The summed E-state index contributed by atoms with van der Waals surface area (Å²) in [4.78, 5) is 37.4. The zero-order valence-corrected chi connectivity index (χ0v) is 16.1. The lowest BCUT2D eigenvalue weighted by molar-refractivity contribution is -0.143. The quantitative estimate of drug-likeness (QED) is 0.820. The molecule has 2 aliphatic rings. The van der Waals surface area contributed by atoms with Gasteiger partial charge in [0.1, 0.15) is 0 Å². The second-order valence-corrected chi connectivity index (χ2v) is 8.06. The van der Waals surface area contributed by atoms with Crippen LogP contribution in [0.1, 0.15) is 36.8 Å². The van der Waals surface area contributed by atoms with Gasteiger partial charge >= 0.3 is 0 Å². The molecular weight excluding hydrogens is 352 g/mol. The minimum Gasteiger partial charge on any atom is -0.342 e. The van der Waals surface area contributed by atoms with Gasteiger partial charge in [0.25, 0.3) is 0 Å². The predicted molar refractivity (Wildman–Crippen MR) is 105 cm³/mol. The van der Waals surface area contributed by atoms with E-state index in [1.807, 2.05) is 34.1 Å². The van der Waals surface area contributed by atoms with Gasteiger partial charge in [0, 0.05) is 62.8 Å². The van der Waals surface area contributed by atoms with E-state index in [0.29, 0.717) is 19.4 Å². The van der Waals surface area contributed by atoms with Gasteiger partial charge in [-0.15, -0.1) is 0 Å². The van der Waals surface area contributed by atoms with Crippen LogP contribution < -0.4 is 0 Å². The SMILES string of the molecule is O=C(Cc1ccncc1)N1CCCC2(CCC(=O)N(Cc3ccncc3)C2)C1. The van der Waals surface area contributed by atoms with Crippen molar-refractivity contribution in [3.8, 4) is 0 Å². The van der Waals surface area contributed by atoms with E-state index in [0.717, 1.165) is 50.0 Å². The zero-order valence-electron chi connectivity index (χ0n) is 16.1. The van der Waals surface area contributed by atoms with Crippen molar-refractivity contribution in [1.29, 1.82) is 0 Å². The molecule has 4 heterocycles. The molecule has 2 fully saturated rings. The van der Waals surface area contributed by atoms with Gasteiger partial charge in [-0.1, -0.05) is 0 Å². The number of piperidine rings is 2. The van der Waals surface area contributed by atoms with Crippen LogP contribution in [0.2, 0.25) is 0 Å². The number of carbonyl (C=O) groups excluding carboxylic acids is 2. The number of hydrogen-bond donors (Lipinski definition) is 0. The van der Waals surface area contributed by atoms with Gasteiger partial charge in [-0.05, 0) is 54.7 Å². The molecule has 2 aliphatic heterocycles. The maximum Gasteiger partial charge on any atom is 0.227 e. The summed E-state index contributed by atoms with van der Waals surface area (Å²) in [5.41, 5.74) is 2.12. The Kier molecular flexibility index (Phi) is 5.37. The lowest BCUT2D eigenvalue weighted by Crippen LogP contribution is -2.55. The van der Waals surface area contributed by atoms with Gasteiger partial charge in [-0.25, -0.2) is 0 Å². The van der Waals surface area contributed by atoms with Gasteiger partial charge in [-0.3, -0.25) is 19.6 Å². The highest BCUT2D eigenvalue weighted by Crippen LogP contribution is 2.39. The van der Waals surface area contributed by atoms with E-state index in [1.165, 1.54) is 0 Å². The average molecular weight is 378 g/mol. The third-order valence-electron chi connectivity index (χ3n) is 5.99. The van der Waals surface area contributed by atoms with E-state index in [4.69, 9.17) is 0 Å². The molecule has 1 spiro atoms. The van der Waals surface area contributed by atoms with E-state index >= 15 is 0 Å². The van der Waals surface area contributed by atoms with E-state index in [1.54, 1.807) is 24.8 Å². The largest absolute Gasteiger partial charge is 0.342 e. The van der Waals surface area contributed by atoms with Crippen LogP contribution in [0.15, 0.2) is 49.1 Å². The summed E-state index contributed by atoms with van der Waals surface area (Å²) in [7, 11) is 0. The van der Waals surface area contributed by atoms with E-state index in [2.05, 4.69) is 9.97 Å². The Morgan fingerprint density at radius 2 is 1.64 bits per heavy atom. The standard InChI is InChI=1S/C22H26N4O2/c27-20-2-8-22(17-26(20)15-19-5-11-24-12-6-19)7-1-13-25(16-22)21(28)14-18-3-9-23-10-4-18/h3-6,9-12H,1-2,7-8,13-17H2. The van der Waals surface area contributed by atoms with Gasteiger partial charge < -0.3 is 9.80 Å². The molecule has 0 aliphatic carbocycles. The lowest BCUT2D eigenvalue weighted by Gasteiger charge is -2.48. The highest BCUT2D eigenvalue weighted by atomic mass is 16.2. The van der Waals surface area contributed by atoms with Crippen LogP contribution in [-0.2, 0) is 22.6 Å². The molecule has 2 aromatic rings. The molecule has 0 radical (unpaired) electrons. The Morgan fingerprint density at radius 3 is 2.36 bits per heavy atom. The molecule has 146 valence electrons. The molecule has 28 heavy (non-hydrogen) atoms. The summed E-state index contributed by atoms with van der Waals surface area (Å²) in [5.74, 6) is 0.380. The number of pyridine rings is 2. The maximum atomic E-state index is 12.8. The van der Waals surface area contributed by atoms with Crippen LogP contribution in [0, 0.1) is 5.41 Å². The van der Waals surface area contributed by atoms with Crippen molar-refractivity contribution in [3.63, 3.8) is 0 Å². The van der Waals surface area contributed by atoms with Crippen LogP contribution in [0.5, 0.6) is 0 Å². The maximum absolute atomic E-state index is 12.8. The van der Waals surface area contributed by atoms with Crippen molar-refractivity contribution in [2.24, 2.45) is 5.41 Å². The third kappa shape index (κ3) is 4.21. The minimum atomic E-state index is 0.0209. The van der Waals surface area contributed by atoms with Crippen LogP contribution >= 0.6 is 0 Å². The molecule has 4 rings (SSSR count). The number of nitrogens with zero attached hydrogens (tertiary/aromatic N) is 4. The molecular formula is C22H26N4O2. The highest BCUT2D eigenvalue weighted by molar-refractivity contribution is 5.79. The van der Waals surface area contributed by atoms with E-state index in [9.17, 15) is 9.59 Å². The fourth-order valence-electron chi connectivity index (χ4n) is 4.50. The van der Waals surface area contributed by atoms with E-state index < -0.39 is 0 Å². The summed E-state index contributed by atoms with van der Waals surface area (Å²) in [6, 6.07) is 7.71. The summed E-state index contributed by atoms with van der Waals surface area (Å²) in [5, 5.41) is 0. The number of aromatic nitrogens is 2. The average Bonchev–Trinajstić information content (AvgIpc) is 2.73. The number of amides is 2. The first-order chi connectivity index (χ1) is 13.6. The van der Waals surface area contributed by atoms with Gasteiger partial charge in [0.05, 0.1) is 6.42 Å². The molecule has 2 saturated heterocycles. The Bertz CT molecular complexity index is 827. The molecule has 1 atom stereocenters. The highest BCUT2D eigenvalue weighted by Gasteiger charge is 2.42. The number of hydrogen-bond acceptors (Lipinski definition) is 4. The Morgan fingerprint density at radius 1 is 0.964 bits per heavy atom. The molecule has 1 unspecified atom stereocenters. The molecule has 0 bridgehead atoms. The van der Waals surface area contributed by atoms with Crippen molar-refractivity contribution in [1.82, 2.24) is 19.8 Å². The molecule has 6 heteroatoms. The zero-order chi connectivity index (χ0) is 19.4. The van der Waals surface area contributed by atoms with Crippen molar-refractivity contribution >= 4 is 11.8 Å². The second-order valence-electron chi connectivity index (χ2n) is 8.06. The van der Waals surface area contributed by atoms with Crippen molar-refractivity contribution in [2.45, 2.75) is 38.6 Å². The lowest BCUT2D eigenvalue weighted by atomic mass is 9.73. The first kappa shape index (κ1) is 18.6. The second kappa shape index (κ2) is 8.09. The summed E-state index contributed by atoms with van der Waals surface area (Å²) < 4.78 is 0. The van der Waals surface area contributed by atoms with Crippen molar-refractivity contribution < 1.29 is 9.59 Å². The topological polar surface area (TPSA) is 66.4 Å². The van der Waals surface area contributed by atoms with Crippen molar-refractivity contribution in [2.75, 3.05) is 19.6 Å². The molecule has 6 nitrogen and oxygen atoms in total. The van der Waals surface area contributed by atoms with Gasteiger partial charge in [-0.2, -0.15) is 0 Å². The third-order valence-corrected chi connectivity index (χ3v) is 5.99. The molecule has 0 aromatic carbocycles. The smallest absolute Gasteiger partial charge is 0.227 e. The fraction of sp³-hybridized carbons (Fsp3) is 0.455. The normalized spacial score (nSPS) is 22.5. The van der Waals surface area contributed by atoms with Crippen LogP contribution in [0.4, 0.5) is 0 Å². The summed E-state index contributed by atoms with van der Waals surface area (Å²) >= 11 is 0. The van der Waals surface area contributed by atoms with E-state index in [-0.39, 0.29) is 17.2 Å². The molecule has 0 saturated carbocycles. The Balaban J connectivity index is 1.43. The summed E-state index contributed by atoms with van der Waals surface area (Å²) in [6.45, 7) is 2.91. The minimum absolute atomic E-state index is 0.0209. The van der Waals surface area contributed by atoms with Crippen LogP contribution in [-0.4, -0.2) is 51.2 Å². The Hall–Kier alpha value is -2.76. The first-order valence-corrected chi connectivity index (χ1v) is 9.97. The Labute approximate surface area is 165 Å². The van der Waals surface area contributed by atoms with Gasteiger partial charge in [0.15, 0.2) is 0 Å². The number of carbonyl (C=O) groups is 2. The fourth-order valence-corrected chi connectivity index (χ4v) is 4.50. The summed E-state index contributed by atoms with van der Waals surface area (Å²) in [6.07, 6.45) is 10.9. The molecule has 2 amide bonds. The molecule has 0 N–H and O–H groups in total. The van der Waals surface area contributed by atoms with Crippen LogP contribution in [0.25, 0.3) is 0 Å². The molecule has 2 aromatic heterocycles. The predicted octanol–water partition coefficient (Wildman–Crippen LogP) is 2.45. The van der Waals surface area contributed by atoms with Crippen LogP contribution in [0.3, 0.4) is 0 Å². The van der Waals surface area contributed by atoms with Crippen molar-refractivity contribution in [3.05, 3.63) is 60.2 Å². The first-order valence-electron chi connectivity index (χ1n) is 9.97. The number of likely N-dealkylation sites (tertiary alicyclic amines) is 2. The monoisotopic (exact) mass is 378 g/mol. The van der Waals surface area contributed by atoms with Gasteiger partial charge in [0.2, 0.25) is 11.8 Å². The number of rotatable bonds is 4.